The lowest BCUT2D eigenvalue weighted by molar-refractivity contribution is 0.340. The number of pyridine rings is 1. The van der Waals surface area contributed by atoms with Crippen LogP contribution in [-0.2, 0) is 0 Å². The maximum absolute atomic E-state index is 11.2. The van der Waals surface area contributed by atoms with E-state index in [1.165, 1.54) is 6.07 Å². The third kappa shape index (κ3) is 2.50. The van der Waals surface area contributed by atoms with Gasteiger partial charge in [-0.1, -0.05) is 0 Å². The molecule has 1 N–H and O–H groups in total. The minimum atomic E-state index is -0.204. The third-order valence-corrected chi connectivity index (χ3v) is 2.22. The van der Waals surface area contributed by atoms with Crippen LogP contribution in [0.5, 0.6) is 5.75 Å². The molecule has 0 atom stereocenters. The van der Waals surface area contributed by atoms with Crippen molar-refractivity contribution in [1.29, 1.82) is 0 Å². The summed E-state index contributed by atoms with van der Waals surface area (Å²) in [6.45, 7) is 4.24. The van der Waals surface area contributed by atoms with Crippen molar-refractivity contribution in [1.82, 2.24) is 15.0 Å². The Kier molecular flexibility index (Phi) is 3.18. The van der Waals surface area contributed by atoms with Crippen LogP contribution in [0.1, 0.15) is 12.6 Å². The predicted molar refractivity (Wildman–Crippen MR) is 64.0 cm³/mol. The second-order valence-corrected chi connectivity index (χ2v) is 3.53. The smallest absolute Gasteiger partial charge is 0.251 e. The summed E-state index contributed by atoms with van der Waals surface area (Å²) in [5.41, 5.74) is 1.35. The molecule has 0 saturated heterocycles. The molecule has 17 heavy (non-hydrogen) atoms. The maximum atomic E-state index is 11.2. The van der Waals surface area contributed by atoms with E-state index in [2.05, 4.69) is 15.0 Å². The maximum Gasteiger partial charge on any atom is 0.251 e. The number of H-pyrrole nitrogens is 1. The van der Waals surface area contributed by atoms with Gasteiger partial charge in [0.15, 0.2) is 5.82 Å². The average molecular weight is 231 g/mol. The van der Waals surface area contributed by atoms with Gasteiger partial charge in [-0.25, -0.2) is 9.97 Å². The number of aryl methyl sites for hydroxylation is 1. The highest BCUT2D eigenvalue weighted by atomic mass is 16.5. The van der Waals surface area contributed by atoms with E-state index in [0.717, 1.165) is 5.69 Å². The molecule has 0 aliphatic rings. The van der Waals surface area contributed by atoms with E-state index in [4.69, 9.17) is 4.74 Å². The molecule has 0 spiro atoms. The van der Waals surface area contributed by atoms with Crippen LogP contribution in [0, 0.1) is 6.92 Å². The van der Waals surface area contributed by atoms with Gasteiger partial charge in [-0.05, 0) is 19.9 Å². The van der Waals surface area contributed by atoms with Gasteiger partial charge in [0.2, 0.25) is 0 Å². The van der Waals surface area contributed by atoms with Crippen molar-refractivity contribution >= 4 is 0 Å². The van der Waals surface area contributed by atoms with Gasteiger partial charge in [-0.3, -0.25) is 4.79 Å². The first-order valence-corrected chi connectivity index (χ1v) is 5.36. The van der Waals surface area contributed by atoms with E-state index in [0.29, 0.717) is 23.7 Å². The number of aromatic nitrogens is 3. The topological polar surface area (TPSA) is 67.9 Å². The van der Waals surface area contributed by atoms with E-state index in [1.54, 1.807) is 12.4 Å². The quantitative estimate of drug-likeness (QED) is 0.870. The second kappa shape index (κ2) is 4.78. The van der Waals surface area contributed by atoms with Crippen LogP contribution in [0.25, 0.3) is 11.4 Å². The molecule has 0 aromatic carbocycles. The highest BCUT2D eigenvalue weighted by Crippen LogP contribution is 2.24. The Balaban J connectivity index is 2.54. The first-order chi connectivity index (χ1) is 8.20. The second-order valence-electron chi connectivity index (χ2n) is 3.53. The molecule has 0 bridgehead atoms. The number of hydrogen-bond acceptors (Lipinski definition) is 4. The zero-order valence-corrected chi connectivity index (χ0v) is 9.73. The molecule has 2 aromatic heterocycles. The van der Waals surface area contributed by atoms with Crippen molar-refractivity contribution in [2.45, 2.75) is 13.8 Å². The van der Waals surface area contributed by atoms with Crippen molar-refractivity contribution in [3.63, 3.8) is 0 Å². The van der Waals surface area contributed by atoms with Crippen LogP contribution < -0.4 is 10.3 Å². The minimum absolute atomic E-state index is 0.204. The lowest BCUT2D eigenvalue weighted by Crippen LogP contribution is -2.07. The van der Waals surface area contributed by atoms with Gasteiger partial charge in [-0.2, -0.15) is 0 Å². The van der Waals surface area contributed by atoms with Gasteiger partial charge in [0.25, 0.3) is 5.56 Å². The van der Waals surface area contributed by atoms with E-state index in [9.17, 15) is 4.79 Å². The third-order valence-electron chi connectivity index (χ3n) is 2.22. The Labute approximate surface area is 98.5 Å². The van der Waals surface area contributed by atoms with Crippen molar-refractivity contribution < 1.29 is 4.74 Å². The first-order valence-electron chi connectivity index (χ1n) is 5.36. The Morgan fingerprint density at radius 2 is 2.29 bits per heavy atom. The Morgan fingerprint density at radius 3 is 3.00 bits per heavy atom. The highest BCUT2D eigenvalue weighted by molar-refractivity contribution is 5.62. The van der Waals surface area contributed by atoms with Crippen LogP contribution in [-0.4, -0.2) is 21.6 Å². The Bertz CT molecular complexity index is 578. The number of ether oxygens (including phenoxy) is 1. The average Bonchev–Trinajstić information content (AvgIpc) is 2.29. The summed E-state index contributed by atoms with van der Waals surface area (Å²) in [7, 11) is 0. The Hall–Kier alpha value is -2.17. The molecular weight excluding hydrogens is 218 g/mol. The largest absolute Gasteiger partial charge is 0.493 e. The molecule has 88 valence electrons. The van der Waals surface area contributed by atoms with Crippen LogP contribution in [0.3, 0.4) is 0 Å². The molecule has 0 fully saturated rings. The summed E-state index contributed by atoms with van der Waals surface area (Å²) >= 11 is 0. The number of nitrogens with zero attached hydrogens (tertiary/aromatic N) is 2. The number of aromatic amines is 1. The van der Waals surface area contributed by atoms with Crippen LogP contribution in [0.15, 0.2) is 29.3 Å². The molecule has 5 nitrogen and oxygen atoms in total. The normalized spacial score (nSPS) is 10.2. The minimum Gasteiger partial charge on any atom is -0.493 e. The number of hydrogen-bond donors (Lipinski definition) is 1. The Morgan fingerprint density at radius 1 is 1.47 bits per heavy atom. The molecule has 0 radical (unpaired) electrons. The highest BCUT2D eigenvalue weighted by Gasteiger charge is 2.09. The molecule has 0 unspecified atom stereocenters. The van der Waals surface area contributed by atoms with E-state index in [1.807, 2.05) is 19.9 Å². The predicted octanol–water partition coefficient (Wildman–Crippen LogP) is 1.54. The summed E-state index contributed by atoms with van der Waals surface area (Å²) in [5, 5.41) is 0. The van der Waals surface area contributed by atoms with E-state index >= 15 is 0 Å². The lowest BCUT2D eigenvalue weighted by Gasteiger charge is -2.08. The van der Waals surface area contributed by atoms with Gasteiger partial charge in [0, 0.05) is 24.2 Å². The molecule has 2 heterocycles. The van der Waals surface area contributed by atoms with Gasteiger partial charge in [-0.15, -0.1) is 0 Å². The standard InChI is InChI=1S/C12H13N3O2/c1-3-17-10-6-11(16)14-7-9(10)12-13-5-4-8(2)15-12/h4-7H,3H2,1-2H3,(H,14,16). The molecule has 2 rings (SSSR count). The van der Waals surface area contributed by atoms with Crippen molar-refractivity contribution in [3.05, 3.63) is 40.6 Å². The first kappa shape index (κ1) is 11.3. The molecular formula is C12H13N3O2. The van der Waals surface area contributed by atoms with Gasteiger partial charge >= 0.3 is 0 Å². The molecule has 0 aliphatic carbocycles. The van der Waals surface area contributed by atoms with Crippen LogP contribution in [0.2, 0.25) is 0 Å². The fraction of sp³-hybridized carbons (Fsp3) is 0.250. The van der Waals surface area contributed by atoms with Gasteiger partial charge in [0.1, 0.15) is 5.75 Å². The van der Waals surface area contributed by atoms with Crippen LogP contribution in [0.4, 0.5) is 0 Å². The van der Waals surface area contributed by atoms with Crippen molar-refractivity contribution in [2.75, 3.05) is 6.61 Å². The molecule has 0 saturated carbocycles. The summed E-state index contributed by atoms with van der Waals surface area (Å²) in [4.78, 5) is 22.3. The van der Waals surface area contributed by atoms with Crippen LogP contribution >= 0.6 is 0 Å². The monoisotopic (exact) mass is 231 g/mol. The van der Waals surface area contributed by atoms with Gasteiger partial charge < -0.3 is 9.72 Å². The summed E-state index contributed by atoms with van der Waals surface area (Å²) < 4.78 is 5.41. The molecule has 2 aromatic rings. The van der Waals surface area contributed by atoms with Crippen molar-refractivity contribution in [2.24, 2.45) is 0 Å². The lowest BCUT2D eigenvalue weighted by atomic mass is 10.2. The zero-order valence-electron chi connectivity index (χ0n) is 9.73. The zero-order chi connectivity index (χ0) is 12.3. The fourth-order valence-electron chi connectivity index (χ4n) is 1.48. The van der Waals surface area contributed by atoms with E-state index < -0.39 is 0 Å². The molecule has 0 aliphatic heterocycles. The summed E-state index contributed by atoms with van der Waals surface area (Å²) in [6, 6.07) is 3.22. The summed E-state index contributed by atoms with van der Waals surface area (Å²) in [6.07, 6.45) is 3.25. The van der Waals surface area contributed by atoms with Crippen molar-refractivity contribution in [3.8, 4) is 17.1 Å². The molecule has 5 heteroatoms. The SMILES string of the molecule is CCOc1cc(=O)[nH]cc1-c1nccc(C)n1. The summed E-state index contributed by atoms with van der Waals surface area (Å²) in [5.74, 6) is 1.05. The molecule has 0 amide bonds. The van der Waals surface area contributed by atoms with Gasteiger partial charge in [0.05, 0.1) is 12.2 Å². The number of rotatable bonds is 3. The van der Waals surface area contributed by atoms with E-state index in [-0.39, 0.29) is 5.56 Å². The fourth-order valence-corrected chi connectivity index (χ4v) is 1.48. The number of nitrogens with one attached hydrogen (secondary N) is 1.